The minimum atomic E-state index is -2.81. The molecule has 1 aliphatic heterocycles. The lowest BCUT2D eigenvalue weighted by molar-refractivity contribution is 0.482. The van der Waals surface area contributed by atoms with Gasteiger partial charge in [-0.3, -0.25) is 4.68 Å². The summed E-state index contributed by atoms with van der Waals surface area (Å²) in [5.74, 6) is 0.558. The molecule has 5 heteroatoms. The fourth-order valence-electron chi connectivity index (χ4n) is 1.92. The lowest BCUT2D eigenvalue weighted by Gasteiger charge is -2.11. The first-order valence-corrected chi connectivity index (χ1v) is 6.67. The Bertz CT molecular complexity index is 422. The van der Waals surface area contributed by atoms with Crippen LogP contribution in [0.15, 0.2) is 12.3 Å². The van der Waals surface area contributed by atoms with Crippen molar-refractivity contribution in [1.82, 2.24) is 9.78 Å². The highest BCUT2D eigenvalue weighted by atomic mass is 32.2. The maximum Gasteiger partial charge on any atom is 0.152 e. The summed E-state index contributed by atoms with van der Waals surface area (Å²) < 4.78 is 24.5. The first kappa shape index (κ1) is 9.71. The van der Waals surface area contributed by atoms with Crippen LogP contribution >= 0.6 is 0 Å². The van der Waals surface area contributed by atoms with Crippen LogP contribution < -0.4 is 0 Å². The van der Waals surface area contributed by atoms with Crippen LogP contribution in [0.3, 0.4) is 0 Å². The molecule has 1 aromatic rings. The van der Waals surface area contributed by atoms with Gasteiger partial charge in [-0.05, 0) is 18.9 Å². The van der Waals surface area contributed by atoms with E-state index in [0.29, 0.717) is 12.2 Å². The molecule has 0 N–H and O–H groups in total. The number of aryl methyl sites for hydroxylation is 1. The smallest absolute Gasteiger partial charge is 0.152 e. The van der Waals surface area contributed by atoms with E-state index in [4.69, 9.17) is 0 Å². The standard InChI is InChI=1S/C9H14N2O2S/c1-2-8-3-5-10-11(8)9-4-6-14(12,13)7-9/h3,5,9H,2,4,6-7H2,1H3. The average Bonchev–Trinajstić information content (AvgIpc) is 2.70. The third-order valence-electron chi connectivity index (χ3n) is 2.67. The minimum absolute atomic E-state index is 0.0601. The van der Waals surface area contributed by atoms with Crippen molar-refractivity contribution in [3.8, 4) is 0 Å². The van der Waals surface area contributed by atoms with E-state index < -0.39 is 9.84 Å². The molecular weight excluding hydrogens is 200 g/mol. The fourth-order valence-corrected chi connectivity index (χ4v) is 3.61. The largest absolute Gasteiger partial charge is 0.266 e. The normalized spacial score (nSPS) is 25.4. The van der Waals surface area contributed by atoms with Gasteiger partial charge in [-0.1, -0.05) is 6.92 Å². The van der Waals surface area contributed by atoms with E-state index in [9.17, 15) is 8.42 Å². The molecule has 0 aliphatic carbocycles. The van der Waals surface area contributed by atoms with Crippen molar-refractivity contribution in [3.63, 3.8) is 0 Å². The quantitative estimate of drug-likeness (QED) is 0.732. The fraction of sp³-hybridized carbons (Fsp3) is 0.667. The van der Waals surface area contributed by atoms with Crippen LogP contribution in [-0.2, 0) is 16.3 Å². The third-order valence-corrected chi connectivity index (χ3v) is 4.42. The summed E-state index contributed by atoms with van der Waals surface area (Å²) in [6.45, 7) is 2.05. The maximum atomic E-state index is 11.3. The summed E-state index contributed by atoms with van der Waals surface area (Å²) in [5, 5.41) is 4.19. The van der Waals surface area contributed by atoms with Crippen LogP contribution in [0.4, 0.5) is 0 Å². The zero-order valence-corrected chi connectivity index (χ0v) is 9.00. The summed E-state index contributed by atoms with van der Waals surface area (Å²) in [5.41, 5.74) is 1.12. The van der Waals surface area contributed by atoms with Crippen molar-refractivity contribution in [3.05, 3.63) is 18.0 Å². The molecule has 2 heterocycles. The molecule has 1 fully saturated rings. The predicted octanol–water partition coefficient (Wildman–Crippen LogP) is 0.805. The zero-order valence-electron chi connectivity index (χ0n) is 8.18. The lowest BCUT2D eigenvalue weighted by atomic mass is 10.2. The molecular formula is C9H14N2O2S. The van der Waals surface area contributed by atoms with E-state index in [1.807, 2.05) is 10.7 Å². The van der Waals surface area contributed by atoms with Crippen molar-refractivity contribution in [1.29, 1.82) is 0 Å². The molecule has 0 spiro atoms. The van der Waals surface area contributed by atoms with Gasteiger partial charge < -0.3 is 0 Å². The van der Waals surface area contributed by atoms with E-state index in [2.05, 4.69) is 12.0 Å². The topological polar surface area (TPSA) is 52.0 Å². The number of sulfone groups is 1. The number of rotatable bonds is 2. The molecule has 0 bridgehead atoms. The third kappa shape index (κ3) is 1.68. The molecule has 0 saturated carbocycles. The number of hydrogen-bond donors (Lipinski definition) is 0. The summed E-state index contributed by atoms with van der Waals surface area (Å²) in [6, 6.07) is 2.01. The Hall–Kier alpha value is -0.840. The molecule has 2 rings (SSSR count). The van der Waals surface area contributed by atoms with Gasteiger partial charge in [0.2, 0.25) is 0 Å². The van der Waals surface area contributed by atoms with Crippen LogP contribution in [0.2, 0.25) is 0 Å². The van der Waals surface area contributed by atoms with Gasteiger partial charge in [0, 0.05) is 11.9 Å². The van der Waals surface area contributed by atoms with Crippen LogP contribution in [0.1, 0.15) is 25.1 Å². The summed E-state index contributed by atoms with van der Waals surface area (Å²) in [6.07, 6.45) is 3.34. The Labute approximate surface area is 83.8 Å². The predicted molar refractivity (Wildman–Crippen MR) is 53.9 cm³/mol. The molecule has 78 valence electrons. The van der Waals surface area contributed by atoms with Crippen molar-refractivity contribution in [2.45, 2.75) is 25.8 Å². The highest BCUT2D eigenvalue weighted by molar-refractivity contribution is 7.91. The average molecular weight is 214 g/mol. The van der Waals surface area contributed by atoms with Crippen molar-refractivity contribution >= 4 is 9.84 Å². The van der Waals surface area contributed by atoms with Gasteiger partial charge in [-0.2, -0.15) is 5.10 Å². The monoisotopic (exact) mass is 214 g/mol. The SMILES string of the molecule is CCc1ccnn1C1CCS(=O)(=O)C1. The Kier molecular flexibility index (Phi) is 2.34. The summed E-state index contributed by atoms with van der Waals surface area (Å²) in [4.78, 5) is 0. The highest BCUT2D eigenvalue weighted by Crippen LogP contribution is 2.24. The van der Waals surface area contributed by atoms with Gasteiger partial charge in [-0.25, -0.2) is 8.42 Å². The van der Waals surface area contributed by atoms with Crippen molar-refractivity contribution < 1.29 is 8.42 Å². The second-order valence-corrected chi connectivity index (χ2v) is 5.91. The molecule has 0 aromatic carbocycles. The van der Waals surface area contributed by atoms with Crippen LogP contribution in [0, 0.1) is 0 Å². The van der Waals surface area contributed by atoms with E-state index in [1.54, 1.807) is 6.20 Å². The van der Waals surface area contributed by atoms with E-state index in [-0.39, 0.29) is 11.8 Å². The van der Waals surface area contributed by atoms with Gasteiger partial charge in [0.05, 0.1) is 17.5 Å². The highest BCUT2D eigenvalue weighted by Gasteiger charge is 2.30. The van der Waals surface area contributed by atoms with Crippen molar-refractivity contribution in [2.24, 2.45) is 0 Å². The van der Waals surface area contributed by atoms with Crippen LogP contribution in [0.5, 0.6) is 0 Å². The Morgan fingerprint density at radius 3 is 3.00 bits per heavy atom. The Morgan fingerprint density at radius 2 is 2.43 bits per heavy atom. The molecule has 1 aliphatic rings. The second kappa shape index (κ2) is 3.38. The maximum absolute atomic E-state index is 11.3. The van der Waals surface area contributed by atoms with Crippen LogP contribution in [0.25, 0.3) is 0 Å². The van der Waals surface area contributed by atoms with Gasteiger partial charge >= 0.3 is 0 Å². The number of nitrogens with zero attached hydrogens (tertiary/aromatic N) is 2. The molecule has 1 saturated heterocycles. The molecule has 0 radical (unpaired) electrons. The molecule has 4 nitrogen and oxygen atoms in total. The van der Waals surface area contributed by atoms with Gasteiger partial charge in [0.1, 0.15) is 0 Å². The number of aromatic nitrogens is 2. The van der Waals surface area contributed by atoms with Gasteiger partial charge in [0.25, 0.3) is 0 Å². The van der Waals surface area contributed by atoms with Crippen LogP contribution in [-0.4, -0.2) is 29.7 Å². The van der Waals surface area contributed by atoms with E-state index in [0.717, 1.165) is 12.1 Å². The zero-order chi connectivity index (χ0) is 10.2. The number of hydrogen-bond acceptors (Lipinski definition) is 3. The van der Waals surface area contributed by atoms with E-state index in [1.165, 1.54) is 0 Å². The molecule has 1 aromatic heterocycles. The first-order valence-electron chi connectivity index (χ1n) is 4.85. The Morgan fingerprint density at radius 1 is 1.64 bits per heavy atom. The molecule has 0 amide bonds. The minimum Gasteiger partial charge on any atom is -0.266 e. The summed E-state index contributed by atoms with van der Waals surface area (Å²) >= 11 is 0. The van der Waals surface area contributed by atoms with Gasteiger partial charge in [0.15, 0.2) is 9.84 Å². The molecule has 1 unspecified atom stereocenters. The second-order valence-electron chi connectivity index (χ2n) is 3.68. The molecule has 14 heavy (non-hydrogen) atoms. The first-order chi connectivity index (χ1) is 6.62. The lowest BCUT2D eigenvalue weighted by Crippen LogP contribution is -2.14. The Balaban J connectivity index is 2.25. The molecule has 1 atom stereocenters. The van der Waals surface area contributed by atoms with E-state index >= 15 is 0 Å². The summed E-state index contributed by atoms with van der Waals surface area (Å²) in [7, 11) is -2.81. The van der Waals surface area contributed by atoms with Crippen molar-refractivity contribution in [2.75, 3.05) is 11.5 Å². The van der Waals surface area contributed by atoms with Gasteiger partial charge in [-0.15, -0.1) is 0 Å².